The number of allylic oxidation sites excluding steroid dienone is 1. The first-order valence-electron chi connectivity index (χ1n) is 12.6. The number of para-hydroxylation sites is 1. The van der Waals surface area contributed by atoms with Crippen LogP contribution < -0.4 is 5.56 Å². The molecule has 0 atom stereocenters. The number of esters is 1. The minimum absolute atomic E-state index is 0.0704. The highest BCUT2D eigenvalue weighted by molar-refractivity contribution is 5.99. The van der Waals surface area contributed by atoms with Gasteiger partial charge in [-0.05, 0) is 24.6 Å². The Bertz CT molecular complexity index is 1440. The van der Waals surface area contributed by atoms with Gasteiger partial charge in [0.2, 0.25) is 0 Å². The molecule has 1 aromatic carbocycles. The topological polar surface area (TPSA) is 121 Å². The van der Waals surface area contributed by atoms with Crippen molar-refractivity contribution in [1.82, 2.24) is 9.55 Å². The van der Waals surface area contributed by atoms with E-state index in [1.807, 2.05) is 53.7 Å². The Labute approximate surface area is 215 Å². The molecule has 4 heterocycles. The average Bonchev–Trinajstić information content (AvgIpc) is 3.29. The van der Waals surface area contributed by atoms with Crippen LogP contribution in [0.5, 0.6) is 0 Å². The first kappa shape index (κ1) is 29.1. The minimum Gasteiger partial charge on any atom is -0.460 e. The number of ketones is 1. The van der Waals surface area contributed by atoms with Gasteiger partial charge in [0.25, 0.3) is 11.2 Å². The summed E-state index contributed by atoms with van der Waals surface area (Å²) < 4.78 is 6.29. The Balaban J connectivity index is 0.000000750. The van der Waals surface area contributed by atoms with E-state index in [9.17, 15) is 24.5 Å². The second-order valence-electron chi connectivity index (χ2n) is 7.45. The predicted molar refractivity (Wildman–Crippen MR) is 144 cm³/mol. The molecule has 2 aromatic heterocycles. The lowest BCUT2D eigenvalue weighted by atomic mass is 9.97. The zero-order valence-corrected chi connectivity index (χ0v) is 22.4. The van der Waals surface area contributed by atoms with Gasteiger partial charge in [-0.1, -0.05) is 65.8 Å². The predicted octanol–water partition coefficient (Wildman–Crippen LogP) is 5.61. The maximum atomic E-state index is 13.2. The molecule has 9 heteroatoms. The number of rotatable bonds is 3. The highest BCUT2D eigenvalue weighted by atomic mass is 16.6. The van der Waals surface area contributed by atoms with Gasteiger partial charge in [0.15, 0.2) is 5.78 Å². The van der Waals surface area contributed by atoms with E-state index in [2.05, 4.69) is 4.98 Å². The zero-order valence-electron chi connectivity index (χ0n) is 22.4. The van der Waals surface area contributed by atoms with Crippen LogP contribution in [0.15, 0.2) is 35.1 Å². The Morgan fingerprint density at radius 1 is 1.05 bits per heavy atom. The number of hydrogen-bond acceptors (Lipinski definition) is 7. The Morgan fingerprint density at radius 3 is 2.32 bits per heavy atom. The summed E-state index contributed by atoms with van der Waals surface area (Å²) in [6, 6.07) is 7.24. The first-order valence-corrected chi connectivity index (χ1v) is 12.6. The van der Waals surface area contributed by atoms with E-state index < -0.39 is 16.5 Å². The number of nitrogens with zero attached hydrogens (tertiary/aromatic N) is 3. The van der Waals surface area contributed by atoms with E-state index in [4.69, 9.17) is 4.74 Å². The van der Waals surface area contributed by atoms with Crippen LogP contribution in [0.1, 0.15) is 70.7 Å². The van der Waals surface area contributed by atoms with Crippen LogP contribution in [0.4, 0.5) is 5.69 Å². The van der Waals surface area contributed by atoms with E-state index in [0.29, 0.717) is 22.3 Å². The van der Waals surface area contributed by atoms with Gasteiger partial charge in [0.1, 0.15) is 18.0 Å². The van der Waals surface area contributed by atoms with Gasteiger partial charge in [-0.25, -0.2) is 4.98 Å². The minimum atomic E-state index is -0.616. The molecule has 2 aliphatic heterocycles. The fourth-order valence-electron chi connectivity index (χ4n) is 4.26. The van der Waals surface area contributed by atoms with E-state index in [0.717, 1.165) is 5.39 Å². The molecule has 0 fully saturated rings. The van der Waals surface area contributed by atoms with Crippen LogP contribution in [-0.4, -0.2) is 26.2 Å². The SMILES string of the molecule is CC.CC.CC.CC(=O)/C=C/c1c2c(nc3ccccc13)-c1c([N+](=O)[O-])c3c(c(=O)n1C2)COC(=O)C3. The van der Waals surface area contributed by atoms with E-state index in [-0.39, 0.29) is 47.9 Å². The van der Waals surface area contributed by atoms with E-state index >= 15 is 0 Å². The van der Waals surface area contributed by atoms with Crippen LogP contribution in [0.3, 0.4) is 0 Å². The van der Waals surface area contributed by atoms with Gasteiger partial charge in [-0.15, -0.1) is 0 Å². The van der Waals surface area contributed by atoms with Crippen LogP contribution in [0, 0.1) is 10.1 Å². The van der Waals surface area contributed by atoms with Crippen molar-refractivity contribution in [2.45, 2.75) is 68.0 Å². The molecule has 0 unspecified atom stereocenters. The number of ether oxygens (including phenoxy) is 1. The summed E-state index contributed by atoms with van der Waals surface area (Å²) in [4.78, 5) is 52.7. The van der Waals surface area contributed by atoms with E-state index in [1.165, 1.54) is 17.6 Å². The van der Waals surface area contributed by atoms with Crippen molar-refractivity contribution >= 4 is 34.4 Å². The van der Waals surface area contributed by atoms with Gasteiger partial charge in [-0.3, -0.25) is 29.1 Å². The summed E-state index contributed by atoms with van der Waals surface area (Å²) >= 11 is 0. The molecule has 37 heavy (non-hydrogen) atoms. The van der Waals surface area contributed by atoms with Gasteiger partial charge >= 0.3 is 5.97 Å². The van der Waals surface area contributed by atoms with E-state index in [1.54, 1.807) is 18.2 Å². The highest BCUT2D eigenvalue weighted by Crippen LogP contribution is 2.43. The fourth-order valence-corrected chi connectivity index (χ4v) is 4.26. The van der Waals surface area contributed by atoms with Gasteiger partial charge in [0.05, 0.1) is 34.5 Å². The molecule has 0 radical (unpaired) electrons. The number of hydrogen-bond donors (Lipinski definition) is 0. The third-order valence-corrected chi connectivity index (χ3v) is 5.59. The Kier molecular flexibility index (Phi) is 9.99. The van der Waals surface area contributed by atoms with Crippen molar-refractivity contribution in [2.75, 3.05) is 0 Å². The van der Waals surface area contributed by atoms with Crippen LogP contribution in [0.2, 0.25) is 0 Å². The number of carbonyl (C=O) groups excluding carboxylic acids is 2. The summed E-state index contributed by atoms with van der Waals surface area (Å²) in [6.07, 6.45) is 2.73. The third kappa shape index (κ3) is 5.35. The average molecular weight is 508 g/mol. The van der Waals surface area contributed by atoms with Crippen molar-refractivity contribution in [3.63, 3.8) is 0 Å². The number of fused-ring (bicyclic) bond motifs is 5. The van der Waals surface area contributed by atoms with Crippen molar-refractivity contribution in [2.24, 2.45) is 0 Å². The molecule has 0 N–H and O–H groups in total. The number of aromatic nitrogens is 2. The van der Waals surface area contributed by atoms with Crippen molar-refractivity contribution in [1.29, 1.82) is 0 Å². The second-order valence-corrected chi connectivity index (χ2v) is 7.45. The smallest absolute Gasteiger partial charge is 0.310 e. The number of nitro groups is 1. The lowest BCUT2D eigenvalue weighted by molar-refractivity contribution is -0.385. The molecule has 5 rings (SSSR count). The lowest BCUT2D eigenvalue weighted by Gasteiger charge is -2.17. The van der Waals surface area contributed by atoms with Crippen molar-refractivity contribution in [3.05, 3.63) is 73.1 Å². The third-order valence-electron chi connectivity index (χ3n) is 5.59. The lowest BCUT2D eigenvalue weighted by Crippen LogP contribution is -2.31. The monoisotopic (exact) mass is 507 g/mol. The molecule has 0 spiro atoms. The van der Waals surface area contributed by atoms with Crippen LogP contribution in [-0.2, 0) is 33.9 Å². The van der Waals surface area contributed by atoms with Crippen LogP contribution in [0.25, 0.3) is 28.4 Å². The molecule has 0 bridgehead atoms. The largest absolute Gasteiger partial charge is 0.460 e. The molecular formula is C28H33N3O6. The molecule has 196 valence electrons. The van der Waals surface area contributed by atoms with Crippen molar-refractivity contribution in [3.8, 4) is 11.4 Å². The Hall–Kier alpha value is -4.14. The quantitative estimate of drug-likeness (QED) is 0.153. The Morgan fingerprint density at radius 2 is 1.70 bits per heavy atom. The zero-order chi connectivity index (χ0) is 27.9. The van der Waals surface area contributed by atoms with Gasteiger partial charge in [-0.2, -0.15) is 0 Å². The maximum absolute atomic E-state index is 13.2. The van der Waals surface area contributed by atoms with Gasteiger partial charge in [0, 0.05) is 10.9 Å². The number of carbonyl (C=O) groups is 2. The molecule has 9 nitrogen and oxygen atoms in total. The highest BCUT2D eigenvalue weighted by Gasteiger charge is 2.39. The summed E-state index contributed by atoms with van der Waals surface area (Å²) in [6.45, 7) is 13.2. The molecule has 0 saturated heterocycles. The van der Waals surface area contributed by atoms with Crippen molar-refractivity contribution < 1.29 is 19.2 Å². The maximum Gasteiger partial charge on any atom is 0.310 e. The number of benzene rings is 1. The standard InChI is InChI=1S/C22H15N3O6.3C2H6/c1-11(26)6-7-12-13-4-2-3-5-17(13)23-19-15(12)9-24-21(19)20(25(29)30)14-8-18(27)31-10-16(14)22(24)28;3*1-2/h2-7H,8-10H2,1H3;3*1-2H3/b7-6+;;;. The second kappa shape index (κ2) is 12.7. The summed E-state index contributed by atoms with van der Waals surface area (Å²) in [5.74, 6) is -0.769. The number of pyridine rings is 2. The molecule has 0 amide bonds. The molecule has 0 aliphatic carbocycles. The number of cyclic esters (lactones) is 1. The summed E-state index contributed by atoms with van der Waals surface area (Å²) in [5, 5.41) is 12.8. The first-order chi connectivity index (χ1) is 17.9. The molecule has 0 saturated carbocycles. The molecule has 3 aromatic rings. The summed E-state index contributed by atoms with van der Waals surface area (Å²) in [7, 11) is 0. The fraction of sp³-hybridized carbons (Fsp3) is 0.357. The van der Waals surface area contributed by atoms with Crippen LogP contribution >= 0.6 is 0 Å². The van der Waals surface area contributed by atoms with Gasteiger partial charge < -0.3 is 4.74 Å². The molecule has 2 aliphatic rings. The normalized spacial score (nSPS) is 12.5. The summed E-state index contributed by atoms with van der Waals surface area (Å²) in [5.41, 5.74) is 1.74. The molecular weight excluding hydrogens is 474 g/mol.